The minimum absolute atomic E-state index is 0.801. The lowest BCUT2D eigenvalue weighted by Crippen LogP contribution is -2.24. The number of rotatable bonds is 0. The molecule has 0 radical (unpaired) electrons. The van der Waals surface area contributed by atoms with Crippen molar-refractivity contribution in [3.05, 3.63) is 69.8 Å². The molecule has 0 spiro atoms. The maximum Gasteiger partial charge on any atom is 0.0711 e. The van der Waals surface area contributed by atoms with Crippen molar-refractivity contribution in [1.29, 1.82) is 0 Å². The molecule has 0 saturated heterocycles. The second kappa shape index (κ2) is 3.42. The molecule has 3 aliphatic carbocycles. The fourth-order valence-electron chi connectivity index (χ4n) is 3.01. The number of nitrogens with two attached hydrogens (primary N) is 1. The van der Waals surface area contributed by atoms with Crippen LogP contribution in [0.5, 0.6) is 0 Å². The Kier molecular flexibility index (Phi) is 1.87. The van der Waals surface area contributed by atoms with Gasteiger partial charge in [0, 0.05) is 29.0 Å². The number of allylic oxidation sites excluding steroid dienone is 8. The molecule has 3 heteroatoms. The van der Waals surface area contributed by atoms with Gasteiger partial charge in [-0.1, -0.05) is 24.3 Å². The highest BCUT2D eigenvalue weighted by molar-refractivity contribution is 5.67. The van der Waals surface area contributed by atoms with E-state index in [0.29, 0.717) is 0 Å². The Bertz CT molecular complexity index is 624. The van der Waals surface area contributed by atoms with Crippen molar-refractivity contribution in [2.24, 2.45) is 5.73 Å². The van der Waals surface area contributed by atoms with Crippen LogP contribution in [0.25, 0.3) is 0 Å². The summed E-state index contributed by atoms with van der Waals surface area (Å²) in [7, 11) is 0. The van der Waals surface area contributed by atoms with E-state index in [4.69, 9.17) is 5.73 Å². The van der Waals surface area contributed by atoms with E-state index < -0.39 is 0 Å². The molecule has 4 N–H and O–H groups in total. The van der Waals surface area contributed by atoms with E-state index in [2.05, 4.69) is 41.2 Å². The highest BCUT2D eigenvalue weighted by atomic mass is 15.4. The summed E-state index contributed by atoms with van der Waals surface area (Å²) in [5.74, 6) is 0. The number of fused-ring (bicyclic) bond motifs is 1. The van der Waals surface area contributed by atoms with Gasteiger partial charge in [0.2, 0.25) is 0 Å². The van der Waals surface area contributed by atoms with E-state index >= 15 is 0 Å². The van der Waals surface area contributed by atoms with Crippen LogP contribution in [0.15, 0.2) is 69.8 Å². The van der Waals surface area contributed by atoms with Crippen molar-refractivity contribution in [3.63, 3.8) is 0 Å². The molecule has 1 heterocycles. The second-order valence-corrected chi connectivity index (χ2v) is 5.04. The smallest absolute Gasteiger partial charge is 0.0711 e. The summed E-state index contributed by atoms with van der Waals surface area (Å²) in [6.07, 6.45) is 14.0. The highest BCUT2D eigenvalue weighted by Gasteiger charge is 2.29. The van der Waals surface area contributed by atoms with Gasteiger partial charge in [-0.2, -0.15) is 0 Å². The van der Waals surface area contributed by atoms with Crippen molar-refractivity contribution in [2.75, 3.05) is 0 Å². The van der Waals surface area contributed by atoms with Crippen molar-refractivity contribution in [1.82, 2.24) is 10.9 Å². The molecule has 0 saturated carbocycles. The van der Waals surface area contributed by atoms with Gasteiger partial charge in [-0.25, -0.2) is 0 Å². The summed E-state index contributed by atoms with van der Waals surface area (Å²) in [6, 6.07) is 0. The lowest BCUT2D eigenvalue weighted by atomic mass is 9.90. The molecular formula is C15H15N3. The Morgan fingerprint density at radius 1 is 1.17 bits per heavy atom. The Labute approximate surface area is 106 Å². The van der Waals surface area contributed by atoms with E-state index in [1.807, 2.05) is 0 Å². The van der Waals surface area contributed by atoms with Gasteiger partial charge in [0.25, 0.3) is 0 Å². The van der Waals surface area contributed by atoms with Crippen LogP contribution < -0.4 is 16.6 Å². The van der Waals surface area contributed by atoms with Crippen LogP contribution in [0.2, 0.25) is 0 Å². The van der Waals surface area contributed by atoms with E-state index in [1.54, 1.807) is 0 Å². The first-order chi connectivity index (χ1) is 8.83. The van der Waals surface area contributed by atoms with E-state index in [-0.39, 0.29) is 0 Å². The first-order valence-corrected chi connectivity index (χ1v) is 6.37. The lowest BCUT2D eigenvalue weighted by Gasteiger charge is -2.16. The van der Waals surface area contributed by atoms with Crippen LogP contribution in [-0.2, 0) is 0 Å². The van der Waals surface area contributed by atoms with Gasteiger partial charge in [-0.3, -0.25) is 5.43 Å². The summed E-state index contributed by atoms with van der Waals surface area (Å²) in [6.45, 7) is 0. The fraction of sp³-hybridized carbons (Fsp3) is 0.200. The maximum atomic E-state index is 5.99. The van der Waals surface area contributed by atoms with Gasteiger partial charge in [0.05, 0.1) is 5.70 Å². The zero-order valence-electron chi connectivity index (χ0n) is 10.1. The third kappa shape index (κ3) is 1.24. The molecule has 3 nitrogen and oxygen atoms in total. The monoisotopic (exact) mass is 237 g/mol. The first-order valence-electron chi connectivity index (χ1n) is 6.37. The standard InChI is InChI=1S/C15H15N3/c16-11-7-10-6-5-9-3-1-2-4-12(9)15-14(10)13(8-11)17-18-15/h2,4-7,17-18H,1,3,8,16H2. The van der Waals surface area contributed by atoms with Crippen molar-refractivity contribution in [2.45, 2.75) is 19.3 Å². The molecule has 0 atom stereocenters. The van der Waals surface area contributed by atoms with E-state index in [9.17, 15) is 0 Å². The highest BCUT2D eigenvalue weighted by Crippen LogP contribution is 2.39. The Morgan fingerprint density at radius 2 is 2.11 bits per heavy atom. The van der Waals surface area contributed by atoms with Gasteiger partial charge in [-0.05, 0) is 30.1 Å². The summed E-state index contributed by atoms with van der Waals surface area (Å²) in [5.41, 5.74) is 21.1. The fourth-order valence-corrected chi connectivity index (χ4v) is 3.01. The first kappa shape index (κ1) is 9.83. The van der Waals surface area contributed by atoms with Crippen LogP contribution in [0.3, 0.4) is 0 Å². The molecule has 4 rings (SSSR count). The zero-order chi connectivity index (χ0) is 12.1. The second-order valence-electron chi connectivity index (χ2n) is 5.04. The average Bonchev–Trinajstić information content (AvgIpc) is 2.72. The average molecular weight is 237 g/mol. The van der Waals surface area contributed by atoms with Gasteiger partial charge in [0.1, 0.15) is 0 Å². The molecule has 1 aliphatic heterocycles. The molecule has 0 bridgehead atoms. The molecule has 90 valence electrons. The molecule has 0 amide bonds. The van der Waals surface area contributed by atoms with Gasteiger partial charge in [0.15, 0.2) is 0 Å². The topological polar surface area (TPSA) is 50.1 Å². The molecular weight excluding hydrogens is 222 g/mol. The van der Waals surface area contributed by atoms with Crippen LogP contribution in [-0.4, -0.2) is 0 Å². The lowest BCUT2D eigenvalue weighted by molar-refractivity contribution is 0.722. The predicted octanol–water partition coefficient (Wildman–Crippen LogP) is 2.07. The van der Waals surface area contributed by atoms with E-state index in [0.717, 1.165) is 25.0 Å². The number of nitrogens with one attached hydrogen (secondary N) is 2. The van der Waals surface area contributed by atoms with E-state index in [1.165, 1.54) is 33.7 Å². The SMILES string of the molecule is NC1=CC2=CC=C3CCC=CC3=C3NNC(=C23)C1. The summed E-state index contributed by atoms with van der Waals surface area (Å²) in [5, 5.41) is 0. The molecule has 0 aromatic carbocycles. The van der Waals surface area contributed by atoms with Gasteiger partial charge < -0.3 is 11.2 Å². The zero-order valence-corrected chi connectivity index (χ0v) is 10.1. The largest absolute Gasteiger partial charge is 0.402 e. The van der Waals surface area contributed by atoms with Crippen molar-refractivity contribution < 1.29 is 0 Å². The Hall–Kier alpha value is -2.16. The Balaban J connectivity index is 1.99. The number of hydrogen-bond donors (Lipinski definition) is 3. The van der Waals surface area contributed by atoms with Crippen LogP contribution in [0, 0.1) is 0 Å². The van der Waals surface area contributed by atoms with Crippen molar-refractivity contribution >= 4 is 0 Å². The summed E-state index contributed by atoms with van der Waals surface area (Å²) < 4.78 is 0. The quantitative estimate of drug-likeness (QED) is 0.604. The number of hydrazine groups is 1. The summed E-state index contributed by atoms with van der Waals surface area (Å²) >= 11 is 0. The van der Waals surface area contributed by atoms with Crippen LogP contribution in [0.4, 0.5) is 0 Å². The van der Waals surface area contributed by atoms with Gasteiger partial charge >= 0.3 is 0 Å². The minimum Gasteiger partial charge on any atom is -0.402 e. The maximum absolute atomic E-state index is 5.99. The minimum atomic E-state index is 0.801. The molecule has 0 unspecified atom stereocenters. The Morgan fingerprint density at radius 3 is 3.06 bits per heavy atom. The number of hydrogen-bond acceptors (Lipinski definition) is 3. The molecule has 18 heavy (non-hydrogen) atoms. The molecule has 0 fully saturated rings. The molecule has 0 aromatic heterocycles. The predicted molar refractivity (Wildman–Crippen MR) is 71.8 cm³/mol. The van der Waals surface area contributed by atoms with Crippen molar-refractivity contribution in [3.8, 4) is 0 Å². The third-order valence-electron chi connectivity index (χ3n) is 3.84. The van der Waals surface area contributed by atoms with Crippen LogP contribution >= 0.6 is 0 Å². The third-order valence-corrected chi connectivity index (χ3v) is 3.84. The summed E-state index contributed by atoms with van der Waals surface area (Å²) in [4.78, 5) is 0. The molecule has 0 aromatic rings. The molecule has 4 aliphatic rings. The van der Waals surface area contributed by atoms with Crippen LogP contribution in [0.1, 0.15) is 19.3 Å². The van der Waals surface area contributed by atoms with Gasteiger partial charge in [-0.15, -0.1) is 0 Å². The normalized spacial score (nSPS) is 24.3.